The van der Waals surface area contributed by atoms with Crippen LogP contribution >= 0.6 is 0 Å². The highest BCUT2D eigenvalue weighted by atomic mass is 19.2. The van der Waals surface area contributed by atoms with E-state index in [1.165, 1.54) is 31.6 Å². The standard InChI is InChI=1S/C6H4F2.C5H11N.C2H2/c7-5-3-1-2-4-6(5)8;1-5-2-3-6-4-5;1-2/h1-4H;5-6H,2-4H2,1H3;1-2H/t;5-;/m.1./s1. The van der Waals surface area contributed by atoms with Gasteiger partial charge >= 0.3 is 0 Å². The van der Waals surface area contributed by atoms with Gasteiger partial charge < -0.3 is 5.32 Å². The second kappa shape index (κ2) is 8.87. The van der Waals surface area contributed by atoms with Crippen molar-refractivity contribution in [3.05, 3.63) is 35.9 Å². The molecule has 0 saturated carbocycles. The molecule has 0 amide bonds. The summed E-state index contributed by atoms with van der Waals surface area (Å²) in [5, 5.41) is 3.27. The Balaban J connectivity index is 0.000000251. The Morgan fingerprint density at radius 1 is 1.19 bits per heavy atom. The molecule has 1 heterocycles. The predicted octanol–water partition coefficient (Wildman–Crippen LogP) is 2.83. The van der Waals surface area contributed by atoms with Gasteiger partial charge in [0, 0.05) is 0 Å². The van der Waals surface area contributed by atoms with Crippen LogP contribution in [0.5, 0.6) is 0 Å². The SMILES string of the molecule is C#C.C[C@@H]1CCNC1.Fc1ccccc1F. The van der Waals surface area contributed by atoms with E-state index in [1.54, 1.807) is 0 Å². The molecule has 0 bridgehead atoms. The summed E-state index contributed by atoms with van der Waals surface area (Å²) in [5.41, 5.74) is 0. The van der Waals surface area contributed by atoms with Gasteiger partial charge in [-0.15, -0.1) is 12.8 Å². The molecule has 1 aliphatic rings. The Labute approximate surface area is 95.9 Å². The molecule has 0 unspecified atom stereocenters. The molecule has 1 N–H and O–H groups in total. The highest BCUT2D eigenvalue weighted by molar-refractivity contribution is 5.05. The number of halogens is 2. The van der Waals surface area contributed by atoms with E-state index < -0.39 is 11.6 Å². The van der Waals surface area contributed by atoms with Gasteiger partial charge in [0.15, 0.2) is 11.6 Å². The molecule has 88 valence electrons. The summed E-state index contributed by atoms with van der Waals surface area (Å²) >= 11 is 0. The quantitative estimate of drug-likeness (QED) is 0.669. The van der Waals surface area contributed by atoms with E-state index in [1.807, 2.05) is 0 Å². The molecule has 1 aliphatic heterocycles. The van der Waals surface area contributed by atoms with Gasteiger partial charge in [0.05, 0.1) is 0 Å². The lowest BCUT2D eigenvalue weighted by atomic mass is 10.2. The summed E-state index contributed by atoms with van der Waals surface area (Å²) in [6.45, 7) is 4.75. The summed E-state index contributed by atoms with van der Waals surface area (Å²) in [7, 11) is 0. The number of rotatable bonds is 0. The Kier molecular flexibility index (Phi) is 8.10. The molecule has 0 radical (unpaired) electrons. The summed E-state index contributed by atoms with van der Waals surface area (Å²) in [6.07, 6.45) is 9.38. The van der Waals surface area contributed by atoms with Crippen molar-refractivity contribution in [3.63, 3.8) is 0 Å². The maximum Gasteiger partial charge on any atom is 0.158 e. The second-order valence-electron chi connectivity index (χ2n) is 3.51. The highest BCUT2D eigenvalue weighted by Crippen LogP contribution is 2.03. The lowest BCUT2D eigenvalue weighted by molar-refractivity contribution is 0.508. The van der Waals surface area contributed by atoms with Crippen LogP contribution in [0, 0.1) is 30.4 Å². The third-order valence-electron chi connectivity index (χ3n) is 2.13. The number of hydrogen-bond acceptors (Lipinski definition) is 1. The zero-order chi connectivity index (χ0) is 12.4. The molecule has 1 atom stereocenters. The average Bonchev–Trinajstić information content (AvgIpc) is 2.78. The van der Waals surface area contributed by atoms with Crippen molar-refractivity contribution < 1.29 is 8.78 Å². The van der Waals surface area contributed by atoms with Crippen LogP contribution in [0.4, 0.5) is 8.78 Å². The van der Waals surface area contributed by atoms with Gasteiger partial charge in [-0.3, -0.25) is 0 Å². The summed E-state index contributed by atoms with van der Waals surface area (Å²) < 4.78 is 23.9. The minimum Gasteiger partial charge on any atom is -0.316 e. The zero-order valence-corrected chi connectivity index (χ0v) is 9.42. The van der Waals surface area contributed by atoms with Gasteiger partial charge in [0.2, 0.25) is 0 Å². The molecule has 1 nitrogen and oxygen atoms in total. The molecular weight excluding hydrogens is 208 g/mol. The maximum atomic E-state index is 11.9. The minimum absolute atomic E-state index is 0.799. The first-order valence-corrected chi connectivity index (χ1v) is 5.14. The monoisotopic (exact) mass is 225 g/mol. The van der Waals surface area contributed by atoms with E-state index in [2.05, 4.69) is 25.1 Å². The molecule has 2 rings (SSSR count). The number of nitrogens with one attached hydrogen (secondary N) is 1. The third kappa shape index (κ3) is 6.15. The zero-order valence-electron chi connectivity index (χ0n) is 9.42. The molecule has 0 aliphatic carbocycles. The van der Waals surface area contributed by atoms with Crippen LogP contribution in [0.15, 0.2) is 24.3 Å². The van der Waals surface area contributed by atoms with Crippen LogP contribution in [0.3, 0.4) is 0 Å². The fourth-order valence-electron chi connectivity index (χ4n) is 1.24. The van der Waals surface area contributed by atoms with Gasteiger partial charge in [-0.2, -0.15) is 0 Å². The second-order valence-corrected chi connectivity index (χ2v) is 3.51. The van der Waals surface area contributed by atoms with Crippen LogP contribution in [0.25, 0.3) is 0 Å². The topological polar surface area (TPSA) is 12.0 Å². The van der Waals surface area contributed by atoms with Crippen molar-refractivity contribution in [2.24, 2.45) is 5.92 Å². The molecule has 1 saturated heterocycles. The Morgan fingerprint density at radius 2 is 1.69 bits per heavy atom. The van der Waals surface area contributed by atoms with Crippen molar-refractivity contribution in [2.45, 2.75) is 13.3 Å². The fraction of sp³-hybridized carbons (Fsp3) is 0.385. The smallest absolute Gasteiger partial charge is 0.158 e. The Bertz CT molecular complexity index is 283. The van der Waals surface area contributed by atoms with Crippen molar-refractivity contribution in [3.8, 4) is 12.8 Å². The van der Waals surface area contributed by atoms with E-state index in [-0.39, 0.29) is 0 Å². The van der Waals surface area contributed by atoms with Crippen LogP contribution in [-0.4, -0.2) is 13.1 Å². The third-order valence-corrected chi connectivity index (χ3v) is 2.13. The number of hydrogen-bond donors (Lipinski definition) is 1. The van der Waals surface area contributed by atoms with Crippen molar-refractivity contribution in [1.82, 2.24) is 5.32 Å². The van der Waals surface area contributed by atoms with Gasteiger partial charge in [-0.25, -0.2) is 8.78 Å². The lowest BCUT2D eigenvalue weighted by Crippen LogP contribution is -2.06. The van der Waals surface area contributed by atoms with E-state index >= 15 is 0 Å². The minimum atomic E-state index is -0.799. The van der Waals surface area contributed by atoms with E-state index in [0.717, 1.165) is 18.1 Å². The molecule has 1 aromatic rings. The average molecular weight is 225 g/mol. The summed E-state index contributed by atoms with van der Waals surface area (Å²) in [4.78, 5) is 0. The number of benzene rings is 1. The van der Waals surface area contributed by atoms with E-state index in [4.69, 9.17) is 0 Å². The van der Waals surface area contributed by atoms with Crippen molar-refractivity contribution in [1.29, 1.82) is 0 Å². The molecule has 0 aromatic heterocycles. The summed E-state index contributed by atoms with van der Waals surface area (Å²) in [6, 6.07) is 5.04. The molecule has 0 spiro atoms. The molecule has 1 fully saturated rings. The lowest BCUT2D eigenvalue weighted by Gasteiger charge is -1.90. The number of terminal acetylenes is 1. The van der Waals surface area contributed by atoms with Gasteiger partial charge in [-0.1, -0.05) is 19.1 Å². The molecule has 16 heavy (non-hydrogen) atoms. The van der Waals surface area contributed by atoms with Crippen molar-refractivity contribution in [2.75, 3.05) is 13.1 Å². The van der Waals surface area contributed by atoms with Crippen LogP contribution < -0.4 is 5.32 Å². The molecule has 3 heteroatoms. The summed E-state index contributed by atoms with van der Waals surface area (Å²) in [5.74, 6) is -0.662. The van der Waals surface area contributed by atoms with Gasteiger partial charge in [0.25, 0.3) is 0 Å². The van der Waals surface area contributed by atoms with Gasteiger partial charge in [-0.05, 0) is 37.6 Å². The van der Waals surface area contributed by atoms with Gasteiger partial charge in [0.1, 0.15) is 0 Å². The maximum absolute atomic E-state index is 11.9. The largest absolute Gasteiger partial charge is 0.316 e. The first-order chi connectivity index (χ1) is 7.70. The van der Waals surface area contributed by atoms with Crippen LogP contribution in [-0.2, 0) is 0 Å². The van der Waals surface area contributed by atoms with Crippen LogP contribution in [0.1, 0.15) is 13.3 Å². The Hall–Kier alpha value is -1.40. The fourth-order valence-corrected chi connectivity index (χ4v) is 1.24. The predicted molar refractivity (Wildman–Crippen MR) is 62.9 cm³/mol. The highest BCUT2D eigenvalue weighted by Gasteiger charge is 2.06. The molecular formula is C13H17F2N. The van der Waals surface area contributed by atoms with E-state index in [9.17, 15) is 8.78 Å². The first kappa shape index (κ1) is 14.6. The normalized spacial score (nSPS) is 17.7. The van der Waals surface area contributed by atoms with Crippen LogP contribution in [0.2, 0.25) is 0 Å². The molecule has 1 aromatic carbocycles. The van der Waals surface area contributed by atoms with E-state index in [0.29, 0.717) is 0 Å². The Morgan fingerprint density at radius 3 is 1.88 bits per heavy atom. The first-order valence-electron chi connectivity index (χ1n) is 5.14. The van der Waals surface area contributed by atoms with Crippen molar-refractivity contribution >= 4 is 0 Å².